The lowest BCUT2D eigenvalue weighted by atomic mass is 10.3. The van der Waals surface area contributed by atoms with Crippen LogP contribution in [0.25, 0.3) is 0 Å². The standard InChI is InChI=1S/C5H10N2O2/c1-5-3-2-4-6(5)7(8)9/h5H,2-4H2,1H3/t5-/m1/s1. The van der Waals surface area contributed by atoms with Crippen molar-refractivity contribution in [2.24, 2.45) is 0 Å². The minimum atomic E-state index is -0.308. The van der Waals surface area contributed by atoms with Crippen LogP contribution < -0.4 is 0 Å². The summed E-state index contributed by atoms with van der Waals surface area (Å²) in [5.74, 6) is 0. The third-order valence-corrected chi connectivity index (χ3v) is 1.73. The molecule has 1 fully saturated rings. The van der Waals surface area contributed by atoms with Gasteiger partial charge in [-0.25, -0.2) is 10.1 Å². The molecule has 0 radical (unpaired) electrons. The first-order chi connectivity index (χ1) is 4.22. The summed E-state index contributed by atoms with van der Waals surface area (Å²) in [4.78, 5) is 10.1. The Morgan fingerprint density at radius 2 is 2.44 bits per heavy atom. The predicted molar refractivity (Wildman–Crippen MR) is 32.4 cm³/mol. The van der Waals surface area contributed by atoms with Crippen LogP contribution in [0.1, 0.15) is 19.8 Å². The molecule has 1 aliphatic heterocycles. The molecular formula is C5H10N2O2. The second-order valence-corrected chi connectivity index (χ2v) is 2.39. The highest BCUT2D eigenvalue weighted by molar-refractivity contribution is 4.67. The molecule has 4 nitrogen and oxygen atoms in total. The Kier molecular flexibility index (Phi) is 1.55. The number of hydrogen-bond acceptors (Lipinski definition) is 2. The zero-order valence-corrected chi connectivity index (χ0v) is 5.41. The molecule has 0 spiro atoms. The molecule has 52 valence electrons. The average molecular weight is 130 g/mol. The van der Waals surface area contributed by atoms with E-state index in [1.807, 2.05) is 6.92 Å². The summed E-state index contributed by atoms with van der Waals surface area (Å²) in [5.41, 5.74) is 0. The molecular weight excluding hydrogens is 120 g/mol. The van der Waals surface area contributed by atoms with Gasteiger partial charge in [-0.15, -0.1) is 5.01 Å². The van der Waals surface area contributed by atoms with Gasteiger partial charge in [-0.05, 0) is 19.8 Å². The summed E-state index contributed by atoms with van der Waals surface area (Å²) in [6, 6.07) is 0.139. The third kappa shape index (κ3) is 1.12. The van der Waals surface area contributed by atoms with Crippen LogP contribution in [0.3, 0.4) is 0 Å². The normalized spacial score (nSPS) is 26.8. The highest BCUT2D eigenvalue weighted by Crippen LogP contribution is 2.15. The fraction of sp³-hybridized carbons (Fsp3) is 1.00. The minimum absolute atomic E-state index is 0.139. The van der Waals surface area contributed by atoms with Gasteiger partial charge in [0.25, 0.3) is 0 Å². The molecule has 1 saturated heterocycles. The quantitative estimate of drug-likeness (QED) is 0.387. The van der Waals surface area contributed by atoms with Crippen LogP contribution in [0.4, 0.5) is 0 Å². The maximum absolute atomic E-state index is 10.1. The number of hydrazine groups is 1. The van der Waals surface area contributed by atoms with Gasteiger partial charge in [-0.1, -0.05) is 0 Å². The highest BCUT2D eigenvalue weighted by Gasteiger charge is 2.27. The van der Waals surface area contributed by atoms with E-state index in [-0.39, 0.29) is 11.1 Å². The monoisotopic (exact) mass is 130 g/mol. The van der Waals surface area contributed by atoms with Crippen molar-refractivity contribution in [3.63, 3.8) is 0 Å². The van der Waals surface area contributed by atoms with E-state index < -0.39 is 0 Å². The second-order valence-electron chi connectivity index (χ2n) is 2.39. The molecule has 4 heteroatoms. The van der Waals surface area contributed by atoms with Crippen molar-refractivity contribution in [3.8, 4) is 0 Å². The van der Waals surface area contributed by atoms with Crippen LogP contribution in [0, 0.1) is 10.1 Å². The average Bonchev–Trinajstić information content (AvgIpc) is 2.13. The molecule has 1 rings (SSSR count). The van der Waals surface area contributed by atoms with Gasteiger partial charge in [0.2, 0.25) is 0 Å². The Morgan fingerprint density at radius 1 is 1.78 bits per heavy atom. The van der Waals surface area contributed by atoms with Gasteiger partial charge in [0, 0.05) is 0 Å². The molecule has 1 atom stereocenters. The first-order valence-electron chi connectivity index (χ1n) is 3.13. The van der Waals surface area contributed by atoms with E-state index in [9.17, 15) is 10.1 Å². The number of rotatable bonds is 1. The first-order valence-corrected chi connectivity index (χ1v) is 3.13. The van der Waals surface area contributed by atoms with E-state index in [1.165, 1.54) is 5.01 Å². The molecule has 0 N–H and O–H groups in total. The van der Waals surface area contributed by atoms with E-state index >= 15 is 0 Å². The lowest BCUT2D eigenvalue weighted by Crippen LogP contribution is -2.32. The van der Waals surface area contributed by atoms with Gasteiger partial charge in [-0.3, -0.25) is 0 Å². The second kappa shape index (κ2) is 2.21. The van der Waals surface area contributed by atoms with Crippen molar-refractivity contribution in [1.29, 1.82) is 0 Å². The number of hydrogen-bond donors (Lipinski definition) is 0. The molecule has 9 heavy (non-hydrogen) atoms. The molecule has 0 unspecified atom stereocenters. The summed E-state index contributed by atoms with van der Waals surface area (Å²) in [6.45, 7) is 2.50. The van der Waals surface area contributed by atoms with E-state index in [1.54, 1.807) is 0 Å². The van der Waals surface area contributed by atoms with Crippen molar-refractivity contribution in [2.75, 3.05) is 6.54 Å². The van der Waals surface area contributed by atoms with Crippen LogP contribution in [-0.4, -0.2) is 22.6 Å². The molecule has 1 heterocycles. The lowest BCUT2D eigenvalue weighted by Gasteiger charge is -2.10. The summed E-state index contributed by atoms with van der Waals surface area (Å²) in [6.07, 6.45) is 1.92. The van der Waals surface area contributed by atoms with E-state index in [4.69, 9.17) is 0 Å². The first kappa shape index (κ1) is 6.32. The van der Waals surface area contributed by atoms with E-state index in [2.05, 4.69) is 0 Å². The predicted octanol–water partition coefficient (Wildman–Crippen LogP) is 0.662. The molecule has 0 amide bonds. The molecule has 0 bridgehead atoms. The smallest absolute Gasteiger partial charge is 0.160 e. The summed E-state index contributed by atoms with van der Waals surface area (Å²) < 4.78 is 0. The summed E-state index contributed by atoms with van der Waals surface area (Å²) in [7, 11) is 0. The van der Waals surface area contributed by atoms with Crippen molar-refractivity contribution < 1.29 is 5.03 Å². The van der Waals surface area contributed by atoms with Crippen LogP contribution in [0.5, 0.6) is 0 Å². The molecule has 0 aromatic heterocycles. The van der Waals surface area contributed by atoms with Gasteiger partial charge < -0.3 is 0 Å². The molecule has 0 saturated carbocycles. The zero-order valence-electron chi connectivity index (χ0n) is 5.41. The highest BCUT2D eigenvalue weighted by atomic mass is 16.7. The van der Waals surface area contributed by atoms with Crippen LogP contribution >= 0.6 is 0 Å². The molecule has 1 aliphatic rings. The van der Waals surface area contributed by atoms with Crippen LogP contribution in [-0.2, 0) is 0 Å². The SMILES string of the molecule is C[C@@H]1CCCN1[N+](=O)[O-]. The van der Waals surface area contributed by atoms with Crippen LogP contribution in [0.2, 0.25) is 0 Å². The number of nitro groups is 1. The Bertz CT molecular complexity index is 126. The minimum Gasteiger partial charge on any atom is -0.235 e. The van der Waals surface area contributed by atoms with Gasteiger partial charge in [-0.2, -0.15) is 0 Å². The Balaban J connectivity index is 2.49. The lowest BCUT2D eigenvalue weighted by molar-refractivity contribution is -0.658. The molecule has 0 aromatic carbocycles. The molecule has 0 aromatic rings. The maximum atomic E-state index is 10.1. The van der Waals surface area contributed by atoms with Crippen molar-refractivity contribution in [2.45, 2.75) is 25.8 Å². The molecule has 0 aliphatic carbocycles. The van der Waals surface area contributed by atoms with Crippen molar-refractivity contribution >= 4 is 0 Å². The topological polar surface area (TPSA) is 46.4 Å². The Hall–Kier alpha value is -0.800. The third-order valence-electron chi connectivity index (χ3n) is 1.73. The van der Waals surface area contributed by atoms with Crippen LogP contribution in [0.15, 0.2) is 0 Å². The van der Waals surface area contributed by atoms with Gasteiger partial charge in [0.1, 0.15) is 0 Å². The van der Waals surface area contributed by atoms with Gasteiger partial charge >= 0.3 is 0 Å². The fourth-order valence-electron chi connectivity index (χ4n) is 1.16. The van der Waals surface area contributed by atoms with Crippen molar-refractivity contribution in [1.82, 2.24) is 5.01 Å². The van der Waals surface area contributed by atoms with E-state index in [0.29, 0.717) is 6.54 Å². The summed E-state index contributed by atoms with van der Waals surface area (Å²) >= 11 is 0. The zero-order chi connectivity index (χ0) is 6.85. The van der Waals surface area contributed by atoms with Gasteiger partial charge in [0.15, 0.2) is 5.03 Å². The maximum Gasteiger partial charge on any atom is 0.160 e. The van der Waals surface area contributed by atoms with Crippen molar-refractivity contribution in [3.05, 3.63) is 10.1 Å². The Morgan fingerprint density at radius 3 is 2.67 bits per heavy atom. The number of nitrogens with zero attached hydrogens (tertiary/aromatic N) is 2. The largest absolute Gasteiger partial charge is 0.235 e. The van der Waals surface area contributed by atoms with E-state index in [0.717, 1.165) is 12.8 Å². The fourth-order valence-corrected chi connectivity index (χ4v) is 1.16. The van der Waals surface area contributed by atoms with Gasteiger partial charge in [0.05, 0.1) is 12.6 Å². The Labute approximate surface area is 53.6 Å². The summed E-state index contributed by atoms with van der Waals surface area (Å²) in [5, 5.41) is 11.1.